The van der Waals surface area contributed by atoms with E-state index in [0.717, 1.165) is 6.54 Å². The molecule has 1 unspecified atom stereocenters. The quantitative estimate of drug-likeness (QED) is 0.627. The van der Waals surface area contributed by atoms with Crippen LogP contribution in [0.1, 0.15) is 26.7 Å². The molecule has 1 fully saturated rings. The molecule has 0 aliphatic carbocycles. The topological polar surface area (TPSA) is 12.5 Å². The fourth-order valence-electron chi connectivity index (χ4n) is 2.14. The highest BCUT2D eigenvalue weighted by atomic mass is 16.5. The van der Waals surface area contributed by atoms with Gasteiger partial charge >= 0.3 is 0 Å². The van der Waals surface area contributed by atoms with Gasteiger partial charge in [0, 0.05) is 13.7 Å². The highest BCUT2D eigenvalue weighted by Gasteiger charge is 2.36. The number of methoxy groups -OCH3 is 1. The number of ether oxygens (including phenoxy) is 1. The standard InChI is InChI=1S/C10H21NO/c1-9(2)10(12-4)6-5-7-11(3)8-10/h9H,5-8H2,1-4H3. The molecule has 0 aromatic rings. The average molecular weight is 171 g/mol. The molecular formula is C10H21NO. The summed E-state index contributed by atoms with van der Waals surface area (Å²) < 4.78 is 5.67. The Morgan fingerprint density at radius 3 is 2.42 bits per heavy atom. The number of nitrogens with zero attached hydrogens (tertiary/aromatic N) is 1. The maximum absolute atomic E-state index is 5.67. The SMILES string of the molecule is COC1(C(C)C)CCCN(C)C1. The van der Waals surface area contributed by atoms with E-state index < -0.39 is 0 Å². The van der Waals surface area contributed by atoms with Gasteiger partial charge in [-0.25, -0.2) is 0 Å². The molecule has 0 N–H and O–H groups in total. The van der Waals surface area contributed by atoms with Gasteiger partial charge in [-0.3, -0.25) is 0 Å². The average Bonchev–Trinajstić information content (AvgIpc) is 2.04. The van der Waals surface area contributed by atoms with Crippen LogP contribution >= 0.6 is 0 Å². The Hall–Kier alpha value is -0.0800. The lowest BCUT2D eigenvalue weighted by Gasteiger charge is -2.43. The van der Waals surface area contributed by atoms with E-state index >= 15 is 0 Å². The van der Waals surface area contributed by atoms with Gasteiger partial charge in [0.2, 0.25) is 0 Å². The van der Waals surface area contributed by atoms with Gasteiger partial charge in [-0.1, -0.05) is 13.8 Å². The van der Waals surface area contributed by atoms with E-state index in [1.807, 2.05) is 7.11 Å². The molecule has 0 aromatic heterocycles. The summed E-state index contributed by atoms with van der Waals surface area (Å²) in [6.45, 7) is 6.81. The summed E-state index contributed by atoms with van der Waals surface area (Å²) in [5.74, 6) is 0.616. The fraction of sp³-hybridized carbons (Fsp3) is 1.00. The van der Waals surface area contributed by atoms with Crippen molar-refractivity contribution in [1.29, 1.82) is 0 Å². The van der Waals surface area contributed by atoms with Gasteiger partial charge < -0.3 is 9.64 Å². The molecule has 0 bridgehead atoms. The minimum atomic E-state index is 0.118. The second-order valence-electron chi connectivity index (χ2n) is 4.26. The van der Waals surface area contributed by atoms with Gasteiger partial charge in [-0.15, -0.1) is 0 Å². The van der Waals surface area contributed by atoms with Crippen molar-refractivity contribution in [3.63, 3.8) is 0 Å². The van der Waals surface area contributed by atoms with E-state index in [1.54, 1.807) is 0 Å². The monoisotopic (exact) mass is 171 g/mol. The van der Waals surface area contributed by atoms with Crippen LogP contribution in [0.3, 0.4) is 0 Å². The van der Waals surface area contributed by atoms with Gasteiger partial charge in [0.05, 0.1) is 5.60 Å². The van der Waals surface area contributed by atoms with Gasteiger partial charge in [-0.05, 0) is 32.4 Å². The molecule has 12 heavy (non-hydrogen) atoms. The molecule has 1 aliphatic heterocycles. The van der Waals surface area contributed by atoms with E-state index in [4.69, 9.17) is 4.74 Å². The fourth-order valence-corrected chi connectivity index (χ4v) is 2.14. The number of likely N-dealkylation sites (tertiary alicyclic amines) is 1. The lowest BCUT2D eigenvalue weighted by atomic mass is 9.83. The Morgan fingerprint density at radius 1 is 1.42 bits per heavy atom. The third-order valence-corrected chi connectivity index (χ3v) is 3.14. The molecule has 1 saturated heterocycles. The molecule has 2 heteroatoms. The van der Waals surface area contributed by atoms with Crippen LogP contribution in [0.25, 0.3) is 0 Å². The van der Waals surface area contributed by atoms with Gasteiger partial charge in [-0.2, -0.15) is 0 Å². The highest BCUT2D eigenvalue weighted by molar-refractivity contribution is 4.90. The second kappa shape index (κ2) is 3.75. The number of hydrogen-bond donors (Lipinski definition) is 0. The van der Waals surface area contributed by atoms with Gasteiger partial charge in [0.1, 0.15) is 0 Å². The molecule has 72 valence electrons. The van der Waals surface area contributed by atoms with E-state index in [9.17, 15) is 0 Å². The Labute approximate surface area is 75.9 Å². The molecule has 0 saturated carbocycles. The van der Waals surface area contributed by atoms with Crippen molar-refractivity contribution in [3.05, 3.63) is 0 Å². The predicted molar refractivity (Wildman–Crippen MR) is 51.3 cm³/mol. The predicted octanol–water partition coefficient (Wildman–Crippen LogP) is 1.75. The molecule has 1 atom stereocenters. The van der Waals surface area contributed by atoms with Crippen molar-refractivity contribution >= 4 is 0 Å². The maximum atomic E-state index is 5.67. The molecule has 0 spiro atoms. The van der Waals surface area contributed by atoms with Gasteiger partial charge in [0.25, 0.3) is 0 Å². The number of rotatable bonds is 2. The van der Waals surface area contributed by atoms with Crippen molar-refractivity contribution in [2.75, 3.05) is 27.2 Å². The van der Waals surface area contributed by atoms with Crippen LogP contribution in [-0.2, 0) is 4.74 Å². The highest BCUT2D eigenvalue weighted by Crippen LogP contribution is 2.30. The summed E-state index contributed by atoms with van der Waals surface area (Å²) in [6.07, 6.45) is 2.48. The van der Waals surface area contributed by atoms with Crippen LogP contribution in [0, 0.1) is 5.92 Å². The molecule has 0 amide bonds. The summed E-state index contributed by atoms with van der Waals surface area (Å²) in [5, 5.41) is 0. The van der Waals surface area contributed by atoms with Crippen LogP contribution < -0.4 is 0 Å². The van der Waals surface area contributed by atoms with Crippen molar-refractivity contribution in [2.24, 2.45) is 5.92 Å². The minimum absolute atomic E-state index is 0.118. The third kappa shape index (κ3) is 1.80. The molecule has 2 nitrogen and oxygen atoms in total. The van der Waals surface area contributed by atoms with Crippen LogP contribution in [0.15, 0.2) is 0 Å². The first-order valence-corrected chi connectivity index (χ1v) is 4.84. The smallest absolute Gasteiger partial charge is 0.0828 e. The van der Waals surface area contributed by atoms with Crippen molar-refractivity contribution < 1.29 is 4.74 Å². The first-order valence-electron chi connectivity index (χ1n) is 4.84. The number of piperidine rings is 1. The Bertz CT molecular complexity index is 147. The summed E-state index contributed by atoms with van der Waals surface area (Å²) in [4.78, 5) is 2.37. The van der Waals surface area contributed by atoms with E-state index in [1.165, 1.54) is 19.4 Å². The summed E-state index contributed by atoms with van der Waals surface area (Å²) in [7, 11) is 4.02. The zero-order valence-corrected chi connectivity index (χ0v) is 8.76. The maximum Gasteiger partial charge on any atom is 0.0828 e. The Kier molecular flexibility index (Phi) is 3.13. The first-order chi connectivity index (χ1) is 5.60. The second-order valence-corrected chi connectivity index (χ2v) is 4.26. The summed E-state index contributed by atoms with van der Waals surface area (Å²) in [5.41, 5.74) is 0.118. The van der Waals surface area contributed by atoms with Gasteiger partial charge in [0.15, 0.2) is 0 Å². The van der Waals surface area contributed by atoms with Crippen LogP contribution in [0.5, 0.6) is 0 Å². The summed E-state index contributed by atoms with van der Waals surface area (Å²) in [6, 6.07) is 0. The lowest BCUT2D eigenvalue weighted by Crippen LogP contribution is -2.51. The molecular weight excluding hydrogens is 150 g/mol. The normalized spacial score (nSPS) is 32.8. The van der Waals surface area contributed by atoms with Crippen LogP contribution in [-0.4, -0.2) is 37.7 Å². The third-order valence-electron chi connectivity index (χ3n) is 3.14. The van der Waals surface area contributed by atoms with E-state index in [-0.39, 0.29) is 5.60 Å². The molecule has 1 rings (SSSR count). The minimum Gasteiger partial charge on any atom is -0.377 e. The molecule has 1 aliphatic rings. The van der Waals surface area contributed by atoms with Crippen molar-refractivity contribution in [3.8, 4) is 0 Å². The van der Waals surface area contributed by atoms with Crippen LogP contribution in [0.2, 0.25) is 0 Å². The molecule has 0 radical (unpaired) electrons. The largest absolute Gasteiger partial charge is 0.377 e. The van der Waals surface area contributed by atoms with E-state index in [0.29, 0.717) is 5.92 Å². The molecule has 0 aromatic carbocycles. The van der Waals surface area contributed by atoms with Crippen molar-refractivity contribution in [1.82, 2.24) is 4.90 Å². The Balaban J connectivity index is 2.64. The van der Waals surface area contributed by atoms with E-state index in [2.05, 4.69) is 25.8 Å². The Morgan fingerprint density at radius 2 is 2.08 bits per heavy atom. The van der Waals surface area contributed by atoms with Crippen molar-refractivity contribution in [2.45, 2.75) is 32.3 Å². The summed E-state index contributed by atoms with van der Waals surface area (Å²) >= 11 is 0. The lowest BCUT2D eigenvalue weighted by molar-refractivity contribution is -0.0902. The number of likely N-dealkylation sites (N-methyl/N-ethyl adjacent to an activating group) is 1. The number of hydrogen-bond acceptors (Lipinski definition) is 2. The zero-order chi connectivity index (χ0) is 9.19. The van der Waals surface area contributed by atoms with Crippen LogP contribution in [0.4, 0.5) is 0 Å². The zero-order valence-electron chi connectivity index (χ0n) is 8.76. The first kappa shape index (κ1) is 10.0. The molecule has 1 heterocycles.